The van der Waals surface area contributed by atoms with Gasteiger partial charge in [-0.1, -0.05) is 47.7 Å². The number of benzene rings is 2. The Hall–Kier alpha value is -3.30. The molecule has 11 heteroatoms. The van der Waals surface area contributed by atoms with Gasteiger partial charge in [0.15, 0.2) is 15.8 Å². The van der Waals surface area contributed by atoms with Crippen molar-refractivity contribution < 1.29 is 19.1 Å². The largest absolute Gasteiger partial charge is 0.468 e. The van der Waals surface area contributed by atoms with Gasteiger partial charge in [0.2, 0.25) is 0 Å². The minimum Gasteiger partial charge on any atom is -0.468 e. The minimum absolute atomic E-state index is 0.0590. The standard InChI is InChI=1S/C11H11N3O2S.C7H5NS.C3H5ClO2/c1-16-10(15)8-9(12)14-11(17-8)13-7-5-3-2-4-6-7;9-6-8-7-4-2-1-3-5-7;1-6-3(5)2-4/h2-6H,12H2,1H3,(H,13,14);1-5H;2H2,1H3. The van der Waals surface area contributed by atoms with Crippen LogP contribution >= 0.6 is 35.2 Å². The molecule has 1 aromatic heterocycles. The van der Waals surface area contributed by atoms with Crippen molar-refractivity contribution in [2.24, 2.45) is 4.99 Å². The number of thiazole rings is 1. The Morgan fingerprint density at radius 2 is 1.72 bits per heavy atom. The second-order valence-corrected chi connectivity index (χ2v) is 6.91. The summed E-state index contributed by atoms with van der Waals surface area (Å²) < 4.78 is 8.73. The number of ether oxygens (including phenoxy) is 2. The molecule has 3 N–H and O–H groups in total. The Labute approximate surface area is 200 Å². The summed E-state index contributed by atoms with van der Waals surface area (Å²) >= 11 is 10.6. The van der Waals surface area contributed by atoms with E-state index >= 15 is 0 Å². The van der Waals surface area contributed by atoms with Crippen LogP contribution in [0.5, 0.6) is 0 Å². The molecule has 1 heterocycles. The zero-order valence-electron chi connectivity index (χ0n) is 17.3. The molecule has 0 spiro atoms. The van der Waals surface area contributed by atoms with Crippen molar-refractivity contribution in [3.05, 3.63) is 65.5 Å². The van der Waals surface area contributed by atoms with Gasteiger partial charge >= 0.3 is 11.9 Å². The molecule has 0 bridgehead atoms. The number of halogens is 1. The molecule has 0 atom stereocenters. The maximum atomic E-state index is 11.3. The van der Waals surface area contributed by atoms with Gasteiger partial charge in [0.1, 0.15) is 5.88 Å². The van der Waals surface area contributed by atoms with Crippen LogP contribution in [-0.4, -0.2) is 42.2 Å². The normalized spacial score (nSPS) is 8.97. The van der Waals surface area contributed by atoms with Gasteiger partial charge in [0, 0.05) is 5.69 Å². The van der Waals surface area contributed by atoms with E-state index in [2.05, 4.69) is 42.1 Å². The van der Waals surface area contributed by atoms with Crippen molar-refractivity contribution in [2.45, 2.75) is 0 Å². The highest BCUT2D eigenvalue weighted by atomic mass is 35.5. The van der Waals surface area contributed by atoms with Gasteiger partial charge in [-0.25, -0.2) is 9.78 Å². The molecular formula is C21H21ClN4O4S2. The molecule has 3 aromatic rings. The van der Waals surface area contributed by atoms with Gasteiger partial charge in [0.25, 0.3) is 0 Å². The number of nitrogens with two attached hydrogens (primary N) is 1. The van der Waals surface area contributed by atoms with E-state index in [9.17, 15) is 9.59 Å². The summed E-state index contributed by atoms with van der Waals surface area (Å²) in [6.07, 6.45) is 0. The first-order chi connectivity index (χ1) is 15.4. The first-order valence-corrected chi connectivity index (χ1v) is 10.6. The molecule has 0 aliphatic carbocycles. The average molecular weight is 493 g/mol. The highest BCUT2D eigenvalue weighted by Gasteiger charge is 2.16. The summed E-state index contributed by atoms with van der Waals surface area (Å²) in [5.41, 5.74) is 7.37. The van der Waals surface area contributed by atoms with Gasteiger partial charge in [-0.05, 0) is 36.5 Å². The van der Waals surface area contributed by atoms with E-state index in [1.165, 1.54) is 25.6 Å². The number of nitrogens with zero attached hydrogens (tertiary/aromatic N) is 2. The molecule has 0 aliphatic heterocycles. The van der Waals surface area contributed by atoms with Crippen LogP contribution in [0.15, 0.2) is 65.7 Å². The predicted molar refractivity (Wildman–Crippen MR) is 131 cm³/mol. The third-order valence-electron chi connectivity index (χ3n) is 3.32. The molecule has 0 saturated carbocycles. The van der Waals surface area contributed by atoms with Gasteiger partial charge in [-0.15, -0.1) is 11.6 Å². The van der Waals surface area contributed by atoms with E-state index in [0.717, 1.165) is 11.4 Å². The molecule has 8 nitrogen and oxygen atoms in total. The third-order valence-corrected chi connectivity index (χ3v) is 4.59. The highest BCUT2D eigenvalue weighted by Crippen LogP contribution is 2.27. The molecule has 0 fully saturated rings. The number of alkyl halides is 1. The monoisotopic (exact) mass is 492 g/mol. The maximum absolute atomic E-state index is 11.3. The zero-order chi connectivity index (χ0) is 23.8. The van der Waals surface area contributed by atoms with Gasteiger partial charge in [-0.2, -0.15) is 4.99 Å². The summed E-state index contributed by atoms with van der Waals surface area (Å²) in [6.45, 7) is 0. The van der Waals surface area contributed by atoms with Crippen LogP contribution in [0.25, 0.3) is 0 Å². The fourth-order valence-electron chi connectivity index (χ4n) is 1.88. The van der Waals surface area contributed by atoms with Crippen LogP contribution in [0.1, 0.15) is 9.67 Å². The van der Waals surface area contributed by atoms with Crippen molar-refractivity contribution in [2.75, 3.05) is 31.2 Å². The second-order valence-electron chi connectivity index (χ2n) is 5.46. The molecular weight excluding hydrogens is 472 g/mol. The number of rotatable bonds is 5. The lowest BCUT2D eigenvalue weighted by Gasteiger charge is -2.00. The molecule has 0 aliphatic rings. The highest BCUT2D eigenvalue weighted by molar-refractivity contribution is 7.78. The average Bonchev–Trinajstić information content (AvgIpc) is 3.20. The summed E-state index contributed by atoms with van der Waals surface area (Å²) in [4.78, 5) is 29.3. The van der Waals surface area contributed by atoms with Crippen LogP contribution in [0.4, 0.5) is 22.3 Å². The molecule has 0 unspecified atom stereocenters. The van der Waals surface area contributed by atoms with E-state index in [-0.39, 0.29) is 11.7 Å². The number of para-hydroxylation sites is 2. The fourth-order valence-corrected chi connectivity index (χ4v) is 2.92. The van der Waals surface area contributed by atoms with E-state index in [1.807, 2.05) is 60.7 Å². The summed E-state index contributed by atoms with van der Waals surface area (Å²) in [5, 5.41) is 5.92. The predicted octanol–water partition coefficient (Wildman–Crippen LogP) is 5.07. The number of isothiocyanates is 1. The smallest absolute Gasteiger partial charge is 0.351 e. The third kappa shape index (κ3) is 10.1. The number of carbonyl (C=O) groups excluding carboxylic acids is 2. The first kappa shape index (κ1) is 26.7. The molecule has 2 aromatic carbocycles. The van der Waals surface area contributed by atoms with Gasteiger partial charge in [0.05, 0.1) is 25.1 Å². The number of methoxy groups -OCH3 is 2. The number of nitrogen functional groups attached to an aromatic ring is 1. The van der Waals surface area contributed by atoms with Gasteiger partial charge < -0.3 is 20.5 Å². The lowest BCUT2D eigenvalue weighted by molar-refractivity contribution is -0.137. The Bertz CT molecular complexity index is 1020. The molecule has 0 amide bonds. The van der Waals surface area contributed by atoms with Crippen molar-refractivity contribution in [3.8, 4) is 0 Å². The van der Waals surface area contributed by atoms with E-state index < -0.39 is 11.9 Å². The molecule has 168 valence electrons. The van der Waals surface area contributed by atoms with E-state index in [1.54, 1.807) is 0 Å². The molecule has 32 heavy (non-hydrogen) atoms. The van der Waals surface area contributed by atoms with Crippen LogP contribution < -0.4 is 11.1 Å². The number of hydrogen-bond acceptors (Lipinski definition) is 10. The fraction of sp³-hybridized carbons (Fsp3) is 0.143. The number of carbonyl (C=O) groups is 2. The van der Waals surface area contributed by atoms with E-state index in [4.69, 9.17) is 17.3 Å². The van der Waals surface area contributed by atoms with Crippen LogP contribution in [0.2, 0.25) is 0 Å². The second kappa shape index (κ2) is 15.5. The lowest BCUT2D eigenvalue weighted by atomic mass is 10.3. The Morgan fingerprint density at radius 3 is 2.19 bits per heavy atom. The maximum Gasteiger partial charge on any atom is 0.351 e. The quantitative estimate of drug-likeness (QED) is 0.219. The van der Waals surface area contributed by atoms with Gasteiger partial charge in [-0.3, -0.25) is 4.79 Å². The van der Waals surface area contributed by atoms with Crippen molar-refractivity contribution in [1.82, 2.24) is 4.98 Å². The van der Waals surface area contributed by atoms with Crippen molar-refractivity contribution in [3.63, 3.8) is 0 Å². The number of aliphatic imine (C=N–C) groups is 1. The Kier molecular flexibility index (Phi) is 12.9. The van der Waals surface area contributed by atoms with E-state index in [0.29, 0.717) is 10.0 Å². The van der Waals surface area contributed by atoms with Crippen LogP contribution in [0.3, 0.4) is 0 Å². The van der Waals surface area contributed by atoms with Crippen molar-refractivity contribution in [1.29, 1.82) is 0 Å². The number of esters is 2. The Morgan fingerprint density at radius 1 is 1.12 bits per heavy atom. The number of nitrogens with one attached hydrogen (secondary N) is 1. The molecule has 0 radical (unpaired) electrons. The Balaban J connectivity index is 0.000000285. The molecule has 3 rings (SSSR count). The number of aromatic nitrogens is 1. The zero-order valence-corrected chi connectivity index (χ0v) is 19.7. The van der Waals surface area contributed by atoms with Crippen LogP contribution in [-0.2, 0) is 14.3 Å². The number of thiocarbonyl (C=S) groups is 1. The molecule has 0 saturated heterocycles. The summed E-state index contributed by atoms with van der Waals surface area (Å²) in [5.74, 6) is -0.741. The SMILES string of the molecule is COC(=O)CCl.COC(=O)c1sc(Nc2ccccc2)nc1N.S=C=Nc1ccccc1. The van der Waals surface area contributed by atoms with Crippen molar-refractivity contribution >= 4 is 74.6 Å². The summed E-state index contributed by atoms with van der Waals surface area (Å²) in [7, 11) is 2.61. The lowest BCUT2D eigenvalue weighted by Crippen LogP contribution is -2.01. The topological polar surface area (TPSA) is 116 Å². The summed E-state index contributed by atoms with van der Waals surface area (Å²) in [6, 6.07) is 19.0. The number of anilines is 3. The van der Waals surface area contributed by atoms with Crippen LogP contribution in [0, 0.1) is 0 Å². The minimum atomic E-state index is -0.471. The first-order valence-electron chi connectivity index (χ1n) is 8.87. The number of hydrogen-bond donors (Lipinski definition) is 2.